The molecule has 0 spiro atoms. The van der Waals surface area contributed by atoms with E-state index in [4.69, 9.17) is 14.2 Å². The number of ether oxygens (including phenoxy) is 3. The van der Waals surface area contributed by atoms with E-state index in [1.807, 2.05) is 94.1 Å². The van der Waals surface area contributed by atoms with E-state index in [0.29, 0.717) is 25.7 Å². The van der Waals surface area contributed by atoms with E-state index in [-0.39, 0.29) is 36.2 Å². The second-order valence-electron chi connectivity index (χ2n) is 15.1. The van der Waals surface area contributed by atoms with Crippen LogP contribution in [0.1, 0.15) is 123 Å². The maximum atomic E-state index is 12.7. The van der Waals surface area contributed by atoms with Gasteiger partial charge in [0.1, 0.15) is 6.61 Å². The van der Waals surface area contributed by atoms with Gasteiger partial charge in [-0.15, -0.1) is 0 Å². The molecule has 0 saturated carbocycles. The van der Waals surface area contributed by atoms with Crippen LogP contribution < -0.4 is 0 Å². The maximum Gasteiger partial charge on any atom is 0.362 e. The minimum absolute atomic E-state index is 0.0315. The molecule has 0 aliphatic heterocycles. The Morgan fingerprint density at radius 1 is 0.517 bits per heavy atom. The van der Waals surface area contributed by atoms with Gasteiger partial charge < -0.3 is 23.8 Å². The highest BCUT2D eigenvalue weighted by molar-refractivity contribution is 5.72. The van der Waals surface area contributed by atoms with E-state index in [2.05, 4.69) is 62.5 Å². The third kappa shape index (κ3) is 37.3. The average molecular weight is 805 g/mol. The van der Waals surface area contributed by atoms with Crippen LogP contribution in [0.3, 0.4) is 0 Å². The Hall–Kier alpha value is -4.27. The molecule has 0 aliphatic carbocycles. The van der Waals surface area contributed by atoms with E-state index in [0.717, 1.165) is 64.2 Å². The van der Waals surface area contributed by atoms with Gasteiger partial charge in [-0.25, -0.2) is 4.79 Å². The number of carbonyl (C=O) groups is 3. The van der Waals surface area contributed by atoms with Gasteiger partial charge in [-0.3, -0.25) is 9.59 Å². The van der Waals surface area contributed by atoms with Crippen molar-refractivity contribution in [1.29, 1.82) is 0 Å². The van der Waals surface area contributed by atoms with Crippen molar-refractivity contribution in [1.82, 2.24) is 0 Å². The fourth-order valence-corrected chi connectivity index (χ4v) is 5.54. The highest BCUT2D eigenvalue weighted by Gasteiger charge is 2.31. The molecule has 8 nitrogen and oxygen atoms in total. The van der Waals surface area contributed by atoms with E-state index in [1.54, 1.807) is 0 Å². The number of carboxylic acids is 1. The van der Waals surface area contributed by atoms with Gasteiger partial charge in [0.15, 0.2) is 12.1 Å². The van der Waals surface area contributed by atoms with Crippen LogP contribution in [-0.4, -0.2) is 80.6 Å². The fourth-order valence-electron chi connectivity index (χ4n) is 5.54. The first-order valence-corrected chi connectivity index (χ1v) is 21.7. The largest absolute Gasteiger partial charge is 0.477 e. The quantitative estimate of drug-likeness (QED) is 0.0291. The Balaban J connectivity index is 4.51. The molecule has 0 fully saturated rings. The van der Waals surface area contributed by atoms with Crippen LogP contribution in [0.2, 0.25) is 0 Å². The van der Waals surface area contributed by atoms with Gasteiger partial charge in [0.2, 0.25) is 0 Å². The van der Waals surface area contributed by atoms with Crippen molar-refractivity contribution in [2.45, 2.75) is 135 Å². The Labute approximate surface area is 352 Å². The zero-order chi connectivity index (χ0) is 42.8. The summed E-state index contributed by atoms with van der Waals surface area (Å²) in [6, 6.07) is -0.632. The second kappa shape index (κ2) is 39.6. The minimum Gasteiger partial charge on any atom is -0.477 e. The third-order valence-corrected chi connectivity index (χ3v) is 8.86. The molecule has 1 N–H and O–H groups in total. The Kier molecular flexibility index (Phi) is 36.6. The van der Waals surface area contributed by atoms with Crippen LogP contribution in [0, 0.1) is 0 Å². The molecule has 8 heteroatoms. The standard InChI is InChI=1S/C50H77NO7/c1-6-8-10-12-14-16-18-20-22-23-24-25-27-28-30-32-34-36-38-40-48(52)57-45-46(44-56-43-42-47(50(54)55)51(3,4)5)58-49(53)41-39-37-35-33-31-29-26-21-19-17-15-13-11-9-7-2/h8-20,22-25,27-28,30,46-47H,6-7,21,26,29,31-45H2,1-5H3/p+1/b10-8+,11-9+,14-12+,15-13+,18-16+,19-17+,22-20+,24-23+,27-25+,30-28+. The van der Waals surface area contributed by atoms with Crippen molar-refractivity contribution in [3.8, 4) is 0 Å². The molecule has 0 saturated heterocycles. The lowest BCUT2D eigenvalue weighted by Gasteiger charge is -2.31. The molecule has 0 aromatic rings. The highest BCUT2D eigenvalue weighted by atomic mass is 16.6. The number of carboxylic acid groups (broad SMARTS) is 1. The minimum atomic E-state index is -0.891. The van der Waals surface area contributed by atoms with Crippen molar-refractivity contribution in [3.05, 3.63) is 122 Å². The summed E-state index contributed by atoms with van der Waals surface area (Å²) in [7, 11) is 5.49. The molecule has 2 atom stereocenters. The van der Waals surface area contributed by atoms with Crippen LogP contribution in [0.5, 0.6) is 0 Å². The lowest BCUT2D eigenvalue weighted by Crippen LogP contribution is -2.50. The summed E-state index contributed by atoms with van der Waals surface area (Å²) in [6.45, 7) is 4.36. The molecule has 0 bridgehead atoms. The summed E-state index contributed by atoms with van der Waals surface area (Å²) in [5, 5.41) is 9.62. The molecular weight excluding hydrogens is 727 g/mol. The van der Waals surface area contributed by atoms with E-state index in [1.165, 1.54) is 19.3 Å². The second-order valence-corrected chi connectivity index (χ2v) is 15.1. The summed E-state index contributed by atoms with van der Waals surface area (Å²) in [4.78, 5) is 37.0. The van der Waals surface area contributed by atoms with Gasteiger partial charge in [-0.1, -0.05) is 174 Å². The van der Waals surface area contributed by atoms with Crippen molar-refractivity contribution in [3.63, 3.8) is 0 Å². The van der Waals surface area contributed by atoms with Gasteiger partial charge in [-0.05, 0) is 51.4 Å². The predicted octanol–water partition coefficient (Wildman–Crippen LogP) is 11.9. The van der Waals surface area contributed by atoms with Gasteiger partial charge in [0.05, 0.1) is 34.4 Å². The first-order chi connectivity index (χ1) is 28.1. The Bertz CT molecular complexity index is 1350. The molecule has 58 heavy (non-hydrogen) atoms. The molecule has 324 valence electrons. The smallest absolute Gasteiger partial charge is 0.362 e. The van der Waals surface area contributed by atoms with E-state index >= 15 is 0 Å². The van der Waals surface area contributed by atoms with Crippen molar-refractivity contribution >= 4 is 17.9 Å². The van der Waals surface area contributed by atoms with Crippen LogP contribution in [0.25, 0.3) is 0 Å². The Morgan fingerprint density at radius 2 is 0.914 bits per heavy atom. The number of likely N-dealkylation sites (N-methyl/N-ethyl adjacent to an activating group) is 1. The van der Waals surface area contributed by atoms with Crippen molar-refractivity contribution in [2.75, 3.05) is 41.0 Å². The molecule has 0 aromatic carbocycles. The monoisotopic (exact) mass is 805 g/mol. The molecule has 0 rings (SSSR count). The first kappa shape index (κ1) is 53.7. The van der Waals surface area contributed by atoms with Crippen LogP contribution in [0.15, 0.2) is 122 Å². The third-order valence-electron chi connectivity index (χ3n) is 8.86. The number of unbranched alkanes of at least 4 members (excludes halogenated alkanes) is 10. The number of hydrogen-bond donors (Lipinski definition) is 1. The summed E-state index contributed by atoms with van der Waals surface area (Å²) >= 11 is 0. The number of quaternary nitrogens is 1. The Morgan fingerprint density at radius 3 is 1.36 bits per heavy atom. The molecule has 2 unspecified atom stereocenters. The van der Waals surface area contributed by atoms with Gasteiger partial charge in [0, 0.05) is 19.3 Å². The van der Waals surface area contributed by atoms with Crippen LogP contribution in [-0.2, 0) is 28.6 Å². The number of rotatable bonds is 36. The maximum absolute atomic E-state index is 12.7. The summed E-state index contributed by atoms with van der Waals surface area (Å²) in [6.07, 6.45) is 55.2. The zero-order valence-corrected chi connectivity index (χ0v) is 36.7. The average Bonchev–Trinajstić information content (AvgIpc) is 3.18. The molecule has 0 aliphatic rings. The predicted molar refractivity (Wildman–Crippen MR) is 242 cm³/mol. The highest BCUT2D eigenvalue weighted by Crippen LogP contribution is 2.13. The number of esters is 2. The summed E-state index contributed by atoms with van der Waals surface area (Å²) < 4.78 is 17.2. The van der Waals surface area contributed by atoms with Gasteiger partial charge in [0.25, 0.3) is 0 Å². The number of nitrogens with zero attached hydrogens (tertiary/aromatic N) is 1. The number of hydrogen-bond acceptors (Lipinski definition) is 6. The van der Waals surface area contributed by atoms with E-state index in [9.17, 15) is 19.5 Å². The molecular formula is C50H78NO7+. The first-order valence-electron chi connectivity index (χ1n) is 21.7. The van der Waals surface area contributed by atoms with Crippen molar-refractivity contribution < 1.29 is 38.2 Å². The number of aliphatic carboxylic acids is 1. The fraction of sp³-hybridized carbons (Fsp3) is 0.540. The zero-order valence-electron chi connectivity index (χ0n) is 36.7. The van der Waals surface area contributed by atoms with Crippen molar-refractivity contribution in [2.24, 2.45) is 0 Å². The molecule has 0 radical (unpaired) electrons. The van der Waals surface area contributed by atoms with E-state index < -0.39 is 18.1 Å². The molecule has 0 amide bonds. The number of allylic oxidation sites excluding steroid dienone is 20. The van der Waals surface area contributed by atoms with Gasteiger partial charge in [-0.2, -0.15) is 0 Å². The molecule has 0 heterocycles. The lowest BCUT2D eigenvalue weighted by atomic mass is 10.1. The SMILES string of the molecule is CC/C=C/C=C/C=C/C=C/C=C/C=C/C=C/CCCCCC(=O)OCC(COCCC(C(=O)O)[N+](C)(C)C)OC(=O)CCCCCCCCC/C=C/C=C/C=C/CC. The summed E-state index contributed by atoms with van der Waals surface area (Å²) in [5.74, 6) is -1.56. The number of carbonyl (C=O) groups excluding carboxylic acids is 2. The van der Waals surface area contributed by atoms with Gasteiger partial charge >= 0.3 is 17.9 Å². The molecule has 0 aromatic heterocycles. The normalized spacial score (nSPS) is 14.2. The van der Waals surface area contributed by atoms with Crippen LogP contribution >= 0.6 is 0 Å². The van der Waals surface area contributed by atoms with Crippen LogP contribution in [0.4, 0.5) is 0 Å². The summed E-state index contributed by atoms with van der Waals surface area (Å²) in [5.41, 5.74) is 0. The lowest BCUT2D eigenvalue weighted by molar-refractivity contribution is -0.887. The topological polar surface area (TPSA) is 99.1 Å².